The molecule has 42 heavy (non-hydrogen) atoms. The third-order valence-corrected chi connectivity index (χ3v) is 6.80. The molecule has 1 amide bonds. The lowest BCUT2D eigenvalue weighted by Crippen LogP contribution is -2.64. The number of para-hydroxylation sites is 1. The van der Waals surface area contributed by atoms with Gasteiger partial charge in [0.2, 0.25) is 5.91 Å². The molecule has 2 aromatic rings. The first-order valence-corrected chi connectivity index (χ1v) is 14.2. The molecule has 1 aromatic heterocycles. The van der Waals surface area contributed by atoms with Crippen LogP contribution < -0.4 is 10.1 Å². The van der Waals surface area contributed by atoms with Gasteiger partial charge in [-0.25, -0.2) is 4.68 Å². The van der Waals surface area contributed by atoms with Gasteiger partial charge in [-0.1, -0.05) is 38.0 Å². The van der Waals surface area contributed by atoms with Crippen molar-refractivity contribution in [1.29, 1.82) is 0 Å². The molecule has 0 aliphatic carbocycles. The van der Waals surface area contributed by atoms with E-state index in [2.05, 4.69) is 12.2 Å². The van der Waals surface area contributed by atoms with Crippen LogP contribution in [0.25, 0.3) is 0 Å². The molecule has 1 aliphatic heterocycles. The van der Waals surface area contributed by atoms with Crippen LogP contribution in [0.3, 0.4) is 0 Å². The zero-order chi connectivity index (χ0) is 30.8. The van der Waals surface area contributed by atoms with E-state index in [1.165, 1.54) is 32.4 Å². The summed E-state index contributed by atoms with van der Waals surface area (Å²) in [4.78, 5) is 48.3. The normalized spacial score (nSPS) is 21.7. The third kappa shape index (κ3) is 8.86. The minimum Gasteiger partial charge on any atom is -0.486 e. The fraction of sp³-hybridized carbons (Fsp3) is 0.571. The molecule has 2 heterocycles. The van der Waals surface area contributed by atoms with Gasteiger partial charge in [-0.2, -0.15) is 5.10 Å². The molecule has 14 heteroatoms. The second-order valence-corrected chi connectivity index (χ2v) is 10.2. The van der Waals surface area contributed by atoms with Crippen molar-refractivity contribution in [1.82, 2.24) is 19.7 Å². The number of esters is 3. The van der Waals surface area contributed by atoms with E-state index in [-0.39, 0.29) is 18.0 Å². The van der Waals surface area contributed by atoms with Crippen molar-refractivity contribution in [3.8, 4) is 5.75 Å². The van der Waals surface area contributed by atoms with E-state index < -0.39 is 54.4 Å². The topological polar surface area (TPSA) is 149 Å². The SMILES string of the molecule is CCCCCn1c(COc2ccccc2)nn([C@@H]2O[C@H](COC(C)=O)[C@@H](OC(C)=O)[C@H](OC(C)=O)[C@H]2NC(C)=O)c1=S. The van der Waals surface area contributed by atoms with Crippen molar-refractivity contribution in [2.75, 3.05) is 6.61 Å². The third-order valence-electron chi connectivity index (χ3n) is 6.39. The largest absolute Gasteiger partial charge is 0.486 e. The zero-order valence-corrected chi connectivity index (χ0v) is 25.3. The first kappa shape index (κ1) is 32.7. The Kier molecular flexibility index (Phi) is 12.0. The van der Waals surface area contributed by atoms with Gasteiger partial charge in [0.25, 0.3) is 0 Å². The highest BCUT2D eigenvalue weighted by atomic mass is 32.1. The molecule has 0 saturated carbocycles. The lowest BCUT2D eigenvalue weighted by Gasteiger charge is -2.45. The molecule has 5 atom stereocenters. The molecule has 1 N–H and O–H groups in total. The van der Waals surface area contributed by atoms with Crippen LogP contribution in [0.4, 0.5) is 0 Å². The maximum Gasteiger partial charge on any atom is 0.303 e. The summed E-state index contributed by atoms with van der Waals surface area (Å²) in [5, 5.41) is 7.48. The van der Waals surface area contributed by atoms with Crippen LogP contribution in [0.15, 0.2) is 30.3 Å². The van der Waals surface area contributed by atoms with Crippen molar-refractivity contribution in [3.63, 3.8) is 0 Å². The van der Waals surface area contributed by atoms with Gasteiger partial charge >= 0.3 is 17.9 Å². The Morgan fingerprint density at radius 2 is 1.64 bits per heavy atom. The van der Waals surface area contributed by atoms with Gasteiger partial charge < -0.3 is 33.6 Å². The van der Waals surface area contributed by atoms with Gasteiger partial charge in [0.1, 0.15) is 31.1 Å². The van der Waals surface area contributed by atoms with Crippen LogP contribution in [-0.4, -0.2) is 69.1 Å². The second-order valence-electron chi connectivity index (χ2n) is 9.85. The molecule has 1 fully saturated rings. The standard InChI is InChI=1S/C28H38N4O9S/c1-6-7-11-14-31-23(16-38-21-12-9-8-10-13-21)30-32(28(31)42)27-24(29-17(2)33)26(40-20(5)36)25(39-19(4)35)22(41-27)15-37-18(3)34/h8-10,12-13,22,24-27H,6-7,11,14-16H2,1-5H3,(H,29,33)/t22-,24-,25-,26-,27-/m1/s1. The molecule has 0 spiro atoms. The van der Waals surface area contributed by atoms with Crippen LogP contribution in [-0.2, 0) is 51.3 Å². The predicted octanol–water partition coefficient (Wildman–Crippen LogP) is 3.01. The van der Waals surface area contributed by atoms with E-state index in [1.807, 2.05) is 34.9 Å². The second kappa shape index (κ2) is 15.4. The summed E-state index contributed by atoms with van der Waals surface area (Å²) in [6.45, 7) is 7.28. The molecule has 0 unspecified atom stereocenters. The van der Waals surface area contributed by atoms with Gasteiger partial charge in [0.05, 0.1) is 0 Å². The minimum atomic E-state index is -1.23. The molecule has 0 bridgehead atoms. The van der Waals surface area contributed by atoms with Crippen molar-refractivity contribution in [2.24, 2.45) is 0 Å². The molecule has 13 nitrogen and oxygen atoms in total. The van der Waals surface area contributed by atoms with E-state index in [0.29, 0.717) is 18.1 Å². The highest BCUT2D eigenvalue weighted by molar-refractivity contribution is 7.71. The van der Waals surface area contributed by atoms with Crippen molar-refractivity contribution >= 4 is 36.0 Å². The number of benzene rings is 1. The average molecular weight is 607 g/mol. The van der Waals surface area contributed by atoms with Crippen LogP contribution in [0, 0.1) is 4.77 Å². The molecule has 1 aromatic carbocycles. The molecule has 230 valence electrons. The maximum atomic E-state index is 12.4. The first-order chi connectivity index (χ1) is 20.0. The van der Waals surface area contributed by atoms with Gasteiger partial charge in [0, 0.05) is 34.2 Å². The zero-order valence-electron chi connectivity index (χ0n) is 24.4. The fourth-order valence-corrected chi connectivity index (χ4v) is 5.00. The van der Waals surface area contributed by atoms with Gasteiger partial charge in [-0.3, -0.25) is 19.2 Å². The summed E-state index contributed by atoms with van der Waals surface area (Å²) < 4.78 is 32.1. The number of carbonyl (C=O) groups excluding carboxylic acids is 4. The summed E-state index contributed by atoms with van der Waals surface area (Å²) in [7, 11) is 0. The molecular weight excluding hydrogens is 568 g/mol. The van der Waals surface area contributed by atoms with E-state index in [9.17, 15) is 19.2 Å². The summed E-state index contributed by atoms with van der Waals surface area (Å²) in [5.41, 5.74) is 0. The highest BCUT2D eigenvalue weighted by Crippen LogP contribution is 2.33. The quantitative estimate of drug-likeness (QED) is 0.155. The number of hydrogen-bond acceptors (Lipinski definition) is 11. The Morgan fingerprint density at radius 1 is 0.976 bits per heavy atom. The Hall–Kier alpha value is -3.78. The van der Waals surface area contributed by atoms with Gasteiger partial charge in [0.15, 0.2) is 29.0 Å². The van der Waals surface area contributed by atoms with Gasteiger partial charge in [-0.15, -0.1) is 0 Å². The highest BCUT2D eigenvalue weighted by Gasteiger charge is 2.52. The Balaban J connectivity index is 2.10. The summed E-state index contributed by atoms with van der Waals surface area (Å²) in [6.07, 6.45) is -1.90. The number of hydrogen-bond donors (Lipinski definition) is 1. The number of ether oxygens (including phenoxy) is 5. The number of amides is 1. The van der Waals surface area contributed by atoms with Crippen LogP contribution in [0.5, 0.6) is 5.75 Å². The Bertz CT molecular complexity index is 1300. The number of nitrogens with one attached hydrogen (secondary N) is 1. The monoisotopic (exact) mass is 606 g/mol. The van der Waals surface area contributed by atoms with Crippen LogP contribution in [0.1, 0.15) is 65.9 Å². The first-order valence-electron chi connectivity index (χ1n) is 13.8. The number of carbonyl (C=O) groups is 4. The van der Waals surface area contributed by atoms with E-state index >= 15 is 0 Å². The fourth-order valence-electron chi connectivity index (χ4n) is 4.65. The van der Waals surface area contributed by atoms with E-state index in [1.54, 1.807) is 0 Å². The molecule has 3 rings (SSSR count). The number of rotatable bonds is 13. The van der Waals surface area contributed by atoms with E-state index in [4.69, 9.17) is 41.0 Å². The van der Waals surface area contributed by atoms with Crippen LogP contribution >= 0.6 is 12.2 Å². The molecule has 0 radical (unpaired) electrons. The minimum absolute atomic E-state index is 0.0879. The van der Waals surface area contributed by atoms with Crippen molar-refractivity contribution < 1.29 is 42.9 Å². The number of nitrogens with zero attached hydrogens (tertiary/aromatic N) is 3. The Labute approximate surface area is 249 Å². The maximum absolute atomic E-state index is 12.4. The summed E-state index contributed by atoms with van der Waals surface area (Å²) in [5.74, 6) is -1.29. The summed E-state index contributed by atoms with van der Waals surface area (Å²) >= 11 is 5.85. The van der Waals surface area contributed by atoms with Crippen molar-refractivity contribution in [2.45, 2.75) is 97.6 Å². The molecule has 1 aliphatic rings. The average Bonchev–Trinajstić information content (AvgIpc) is 3.23. The van der Waals surface area contributed by atoms with Gasteiger partial charge in [-0.05, 0) is 30.8 Å². The predicted molar refractivity (Wildman–Crippen MR) is 151 cm³/mol. The number of aromatic nitrogens is 3. The lowest BCUT2D eigenvalue weighted by molar-refractivity contribution is -0.239. The van der Waals surface area contributed by atoms with Crippen LogP contribution in [0.2, 0.25) is 0 Å². The Morgan fingerprint density at radius 3 is 2.24 bits per heavy atom. The molecular formula is C28H38N4O9S. The molecule has 1 saturated heterocycles. The van der Waals surface area contributed by atoms with E-state index in [0.717, 1.165) is 19.3 Å². The van der Waals surface area contributed by atoms with Crippen molar-refractivity contribution in [3.05, 3.63) is 40.9 Å². The number of unbranched alkanes of at least 4 members (excludes halogenated alkanes) is 2. The smallest absolute Gasteiger partial charge is 0.303 e. The lowest BCUT2D eigenvalue weighted by atomic mass is 9.95. The summed E-state index contributed by atoms with van der Waals surface area (Å²) in [6, 6.07) is 8.15.